The number of aliphatic imine (C=N–C) groups is 1. The second-order valence-electron chi connectivity index (χ2n) is 17.1. The molecule has 1 aliphatic rings. The van der Waals surface area contributed by atoms with Gasteiger partial charge >= 0.3 is 5.97 Å². The lowest BCUT2D eigenvalue weighted by atomic mass is 10.0. The summed E-state index contributed by atoms with van der Waals surface area (Å²) >= 11 is 0. The van der Waals surface area contributed by atoms with E-state index < -0.39 is 127 Å². The van der Waals surface area contributed by atoms with E-state index in [1.54, 1.807) is 0 Å². The summed E-state index contributed by atoms with van der Waals surface area (Å²) in [7, 11) is 0. The molecule has 0 saturated carbocycles. The van der Waals surface area contributed by atoms with Crippen molar-refractivity contribution in [3.8, 4) is 0 Å². The van der Waals surface area contributed by atoms with Crippen molar-refractivity contribution in [1.82, 2.24) is 47.4 Å². The maximum Gasteiger partial charge on any atom is 0.352 e. The first kappa shape index (κ1) is 65.1. The molecule has 418 valence electrons. The number of carboxylic acids is 1. The topological polar surface area (TPSA) is 540 Å². The molecule has 0 radical (unpaired) electrons. The number of hydrogen-bond donors (Lipinski definition) is 19. The molecule has 0 aromatic heterocycles. The number of carboxylic acid groups (broad SMARTS) is 1. The number of carbonyl (C=O) groups excluding carboxylic acids is 8. The van der Waals surface area contributed by atoms with Gasteiger partial charge in [0.2, 0.25) is 47.3 Å². The number of amides is 8. The molecule has 1 heterocycles. The van der Waals surface area contributed by atoms with Crippen molar-refractivity contribution >= 4 is 59.2 Å². The molecule has 2 unspecified atom stereocenters. The van der Waals surface area contributed by atoms with E-state index in [0.717, 1.165) is 6.20 Å². The number of aliphatic carboxylic acids is 1. The smallest absolute Gasteiger partial charge is 0.352 e. The molecule has 1 aliphatic heterocycles. The highest BCUT2D eigenvalue weighted by Gasteiger charge is 2.40. The molecule has 30 nitrogen and oxygen atoms in total. The van der Waals surface area contributed by atoms with Gasteiger partial charge in [-0.3, -0.25) is 43.3 Å². The SMILES string of the molecule is C=CN/C(=C\N)C[C@H](NC(=O)C1CCCN1C(=O)[C@@H](CCCN)NC(=O)CNC(=O)[C@H](CN)NC(=O)[C@H](NC(=O)C(N)CCCCN)[C@@H](O)CN)C(=O)N[C@@H](CCCCN)C(=O)N/C(=C\CCN=C(N)N)C(=O)O. The Kier molecular flexibility index (Phi) is 31.7. The molecule has 28 N–H and O–H groups in total. The summed E-state index contributed by atoms with van der Waals surface area (Å²) in [6.07, 6.45) is 4.73. The van der Waals surface area contributed by atoms with E-state index in [9.17, 15) is 53.4 Å². The van der Waals surface area contributed by atoms with Crippen LogP contribution in [0.15, 0.2) is 41.4 Å². The monoisotopic (exact) mass is 1050 g/mol. The fourth-order valence-electron chi connectivity index (χ4n) is 7.34. The minimum atomic E-state index is -1.62. The summed E-state index contributed by atoms with van der Waals surface area (Å²) in [6, 6.07) is -9.30. The molecule has 8 atom stereocenters. The third kappa shape index (κ3) is 23.7. The average Bonchev–Trinajstić information content (AvgIpc) is 3.87. The number of guanidine groups is 1. The second kappa shape index (κ2) is 36.0. The fourth-order valence-corrected chi connectivity index (χ4v) is 7.34. The fraction of sp³-hybridized carbons (Fsp3) is 0.636. The van der Waals surface area contributed by atoms with Crippen LogP contribution in [0.1, 0.15) is 77.0 Å². The summed E-state index contributed by atoms with van der Waals surface area (Å²) in [5.74, 6) is -8.46. The van der Waals surface area contributed by atoms with Crippen molar-refractivity contribution in [2.45, 2.75) is 125 Å². The number of aliphatic hydroxyl groups is 1. The zero-order chi connectivity index (χ0) is 55.8. The van der Waals surface area contributed by atoms with Gasteiger partial charge in [-0.1, -0.05) is 19.1 Å². The number of hydrogen-bond acceptors (Lipinski definition) is 19. The number of nitrogens with zero attached hydrogens (tertiary/aromatic N) is 2. The molecule has 0 aromatic carbocycles. The van der Waals surface area contributed by atoms with Crippen LogP contribution in [0, 0.1) is 0 Å². The summed E-state index contributed by atoms with van der Waals surface area (Å²) < 4.78 is 0. The predicted molar refractivity (Wildman–Crippen MR) is 273 cm³/mol. The third-order valence-electron chi connectivity index (χ3n) is 11.4. The van der Waals surface area contributed by atoms with Crippen LogP contribution in [0.3, 0.4) is 0 Å². The Bertz CT molecular complexity index is 1970. The Morgan fingerprint density at radius 2 is 1.36 bits per heavy atom. The molecular formula is C44H81N19O11. The molecule has 1 rings (SSSR count). The van der Waals surface area contributed by atoms with Gasteiger partial charge in [-0.2, -0.15) is 0 Å². The molecule has 0 spiro atoms. The summed E-state index contributed by atoms with van der Waals surface area (Å²) in [6.45, 7) is 2.80. The Morgan fingerprint density at radius 1 is 0.730 bits per heavy atom. The van der Waals surface area contributed by atoms with E-state index in [0.29, 0.717) is 38.6 Å². The van der Waals surface area contributed by atoms with E-state index in [1.165, 1.54) is 17.2 Å². The van der Waals surface area contributed by atoms with Crippen molar-refractivity contribution in [2.24, 2.45) is 56.6 Å². The normalized spacial score (nSPS) is 16.4. The predicted octanol–water partition coefficient (Wildman–Crippen LogP) is -8.21. The largest absolute Gasteiger partial charge is 0.477 e. The zero-order valence-corrected chi connectivity index (χ0v) is 41.9. The number of carbonyl (C=O) groups is 9. The van der Waals surface area contributed by atoms with Gasteiger partial charge in [0.05, 0.1) is 18.7 Å². The lowest BCUT2D eigenvalue weighted by Crippen LogP contribution is -2.62. The Hall–Kier alpha value is -6.96. The number of unbranched alkanes of at least 4 members (excludes halogenated alkanes) is 2. The summed E-state index contributed by atoms with van der Waals surface area (Å²) in [4.78, 5) is 125. The quantitative estimate of drug-likeness (QED) is 0.0119. The second-order valence-corrected chi connectivity index (χ2v) is 17.1. The van der Waals surface area contributed by atoms with E-state index in [1.807, 2.05) is 0 Å². The molecule has 74 heavy (non-hydrogen) atoms. The van der Waals surface area contributed by atoms with Gasteiger partial charge in [0.15, 0.2) is 5.96 Å². The number of nitrogens with two attached hydrogens (primary N) is 9. The van der Waals surface area contributed by atoms with Gasteiger partial charge in [-0.15, -0.1) is 0 Å². The first-order valence-electron chi connectivity index (χ1n) is 24.3. The van der Waals surface area contributed by atoms with Crippen LogP contribution in [0.25, 0.3) is 0 Å². The van der Waals surface area contributed by atoms with Crippen LogP contribution >= 0.6 is 0 Å². The average molecular weight is 1050 g/mol. The lowest BCUT2D eigenvalue weighted by Gasteiger charge is -2.30. The highest BCUT2D eigenvalue weighted by atomic mass is 16.4. The highest BCUT2D eigenvalue weighted by Crippen LogP contribution is 2.21. The van der Waals surface area contributed by atoms with Gasteiger partial charge in [-0.05, 0) is 90.0 Å². The zero-order valence-electron chi connectivity index (χ0n) is 41.9. The van der Waals surface area contributed by atoms with Crippen LogP contribution in [0.5, 0.6) is 0 Å². The molecule has 8 amide bonds. The third-order valence-corrected chi connectivity index (χ3v) is 11.4. The number of aliphatic hydroxyl groups excluding tert-OH is 1. The molecular weight excluding hydrogens is 971 g/mol. The number of nitrogens with one attached hydrogen (secondary N) is 8. The maximum absolute atomic E-state index is 14.2. The van der Waals surface area contributed by atoms with Crippen molar-refractivity contribution in [1.29, 1.82) is 0 Å². The van der Waals surface area contributed by atoms with E-state index in [4.69, 9.17) is 51.6 Å². The van der Waals surface area contributed by atoms with Crippen molar-refractivity contribution in [2.75, 3.05) is 52.4 Å². The van der Waals surface area contributed by atoms with E-state index in [-0.39, 0.29) is 82.8 Å². The first-order chi connectivity index (χ1) is 35.2. The molecule has 1 saturated heterocycles. The van der Waals surface area contributed by atoms with Gasteiger partial charge in [0.25, 0.3) is 0 Å². The highest BCUT2D eigenvalue weighted by molar-refractivity contribution is 5.99. The molecule has 30 heteroatoms. The van der Waals surface area contributed by atoms with Crippen LogP contribution in [0.4, 0.5) is 0 Å². The Labute approximate surface area is 430 Å². The molecule has 0 aliphatic carbocycles. The summed E-state index contributed by atoms with van der Waals surface area (Å²) in [5, 5.41) is 40.1. The Morgan fingerprint density at radius 3 is 1.95 bits per heavy atom. The van der Waals surface area contributed by atoms with Crippen LogP contribution in [0.2, 0.25) is 0 Å². The van der Waals surface area contributed by atoms with Crippen molar-refractivity contribution in [3.05, 3.63) is 36.4 Å². The first-order valence-corrected chi connectivity index (χ1v) is 24.3. The minimum absolute atomic E-state index is 0.0140. The number of likely N-dealkylation sites (tertiary alicyclic amines) is 1. The van der Waals surface area contributed by atoms with Gasteiger partial charge in [0.1, 0.15) is 41.9 Å². The van der Waals surface area contributed by atoms with Gasteiger partial charge < -0.3 is 109 Å². The summed E-state index contributed by atoms with van der Waals surface area (Å²) in [5.41, 5.74) is 50.4. The Balaban J connectivity index is 3.28. The maximum atomic E-state index is 14.2. The molecule has 0 aromatic rings. The molecule has 1 fully saturated rings. The van der Waals surface area contributed by atoms with Gasteiger partial charge in [-0.25, -0.2) is 4.79 Å². The van der Waals surface area contributed by atoms with Crippen molar-refractivity contribution < 1.29 is 53.4 Å². The lowest BCUT2D eigenvalue weighted by molar-refractivity contribution is -0.142. The van der Waals surface area contributed by atoms with Crippen molar-refractivity contribution in [3.63, 3.8) is 0 Å². The van der Waals surface area contributed by atoms with E-state index >= 15 is 0 Å². The molecule has 0 bridgehead atoms. The minimum Gasteiger partial charge on any atom is -0.477 e. The van der Waals surface area contributed by atoms with Crippen LogP contribution in [-0.2, 0) is 43.2 Å². The van der Waals surface area contributed by atoms with Crippen LogP contribution in [-0.4, -0.2) is 175 Å². The van der Waals surface area contributed by atoms with E-state index in [2.05, 4.69) is 54.1 Å². The van der Waals surface area contributed by atoms with Gasteiger partial charge in [0, 0.05) is 44.5 Å². The number of rotatable bonds is 37. The standard InChI is InChI=1S/C44H81N19O11/c1-2-54-25(21-48)20-30(39(69)58-27(11-4-6-16-46)38(68)59-29(43(73)74)13-8-18-55-44(52)53)60-40(70)32-14-9-19-63(32)42(72)28(12-7-17-47)57-34(65)24-56-37(67)31(22-49)61-41(71)35(33(64)23-50)62-36(66)26(51)10-3-5-15-45/h2,13,21,26-28,30-33,35,54,64H,1,3-12,14-20,22-24,45-51H2,(H,56,67)(H,57,65)(H,58,69)(H,59,68)(H,60,70)(H,61,71)(H,62,66)(H,73,74)(H4,52,53,55)/b25-21-,29-13-/t26?,27-,28+,30-,31-,32?,33-,35+/m0/s1. The van der Waals surface area contributed by atoms with Crippen LogP contribution < -0.4 is 94.1 Å².